The maximum Gasteiger partial charge on any atom is 0.261 e. The van der Waals surface area contributed by atoms with Gasteiger partial charge in [-0.1, -0.05) is 30.3 Å². The maximum absolute atomic E-state index is 12.2. The molecular formula is C20H25NO3. The van der Waals surface area contributed by atoms with Gasteiger partial charge in [-0.05, 0) is 57.0 Å². The highest BCUT2D eigenvalue weighted by molar-refractivity contribution is 5.81. The Balaban J connectivity index is 1.81. The summed E-state index contributed by atoms with van der Waals surface area (Å²) in [5, 5.41) is 2.92. The summed E-state index contributed by atoms with van der Waals surface area (Å²) >= 11 is 0. The first-order valence-corrected chi connectivity index (χ1v) is 8.18. The van der Waals surface area contributed by atoms with Crippen LogP contribution in [0.3, 0.4) is 0 Å². The monoisotopic (exact) mass is 327 g/mol. The molecule has 0 saturated carbocycles. The Morgan fingerprint density at radius 2 is 1.83 bits per heavy atom. The largest absolute Gasteiger partial charge is 0.491 e. The standard InChI is InChI=1S/C20H25NO3/c1-14-8-7-10-18(12-14)24-17(4)20(22)21-16(3)13-23-19-11-6-5-9-15(19)2/h5-12,16-17H,13H2,1-4H3,(H,21,22)/t16-,17-/m1/s1. The first-order valence-electron chi connectivity index (χ1n) is 8.18. The third-order valence-electron chi connectivity index (χ3n) is 3.64. The molecule has 0 unspecified atom stereocenters. The fraction of sp³-hybridized carbons (Fsp3) is 0.350. The van der Waals surface area contributed by atoms with Gasteiger partial charge in [0, 0.05) is 0 Å². The van der Waals surface area contributed by atoms with Crippen LogP contribution in [0.4, 0.5) is 0 Å². The third kappa shape index (κ3) is 5.30. The van der Waals surface area contributed by atoms with Crippen LogP contribution in [0.1, 0.15) is 25.0 Å². The highest BCUT2D eigenvalue weighted by Gasteiger charge is 2.17. The average molecular weight is 327 g/mol. The first kappa shape index (κ1) is 17.9. The zero-order valence-corrected chi connectivity index (χ0v) is 14.7. The molecule has 128 valence electrons. The molecule has 0 bridgehead atoms. The quantitative estimate of drug-likeness (QED) is 0.844. The lowest BCUT2D eigenvalue weighted by Gasteiger charge is -2.19. The number of carbonyl (C=O) groups is 1. The number of hydrogen-bond donors (Lipinski definition) is 1. The van der Waals surface area contributed by atoms with Gasteiger partial charge in [-0.3, -0.25) is 4.79 Å². The molecule has 2 atom stereocenters. The van der Waals surface area contributed by atoms with Gasteiger partial charge in [-0.15, -0.1) is 0 Å². The molecule has 0 aliphatic heterocycles. The van der Waals surface area contributed by atoms with Gasteiger partial charge < -0.3 is 14.8 Å². The van der Waals surface area contributed by atoms with Gasteiger partial charge in [0.25, 0.3) is 5.91 Å². The Morgan fingerprint density at radius 3 is 2.54 bits per heavy atom. The van der Waals surface area contributed by atoms with Crippen molar-refractivity contribution in [1.82, 2.24) is 5.32 Å². The zero-order valence-electron chi connectivity index (χ0n) is 14.7. The highest BCUT2D eigenvalue weighted by atomic mass is 16.5. The van der Waals surface area contributed by atoms with Crippen molar-refractivity contribution in [2.45, 2.75) is 39.8 Å². The second kappa shape index (κ2) is 8.39. The Labute approximate surface area is 143 Å². The minimum Gasteiger partial charge on any atom is -0.491 e. The Bertz CT molecular complexity index is 684. The van der Waals surface area contributed by atoms with Gasteiger partial charge >= 0.3 is 0 Å². The smallest absolute Gasteiger partial charge is 0.261 e. The van der Waals surface area contributed by atoms with Gasteiger partial charge in [0.15, 0.2) is 6.10 Å². The van der Waals surface area contributed by atoms with E-state index < -0.39 is 6.10 Å². The van der Waals surface area contributed by atoms with Gasteiger partial charge in [0.2, 0.25) is 0 Å². The molecule has 0 aliphatic carbocycles. The molecule has 1 amide bonds. The molecule has 2 rings (SSSR count). The third-order valence-corrected chi connectivity index (χ3v) is 3.64. The average Bonchev–Trinajstić information content (AvgIpc) is 2.54. The molecule has 2 aromatic rings. The second-order valence-electron chi connectivity index (χ2n) is 6.06. The van der Waals surface area contributed by atoms with E-state index >= 15 is 0 Å². The van der Waals surface area contributed by atoms with Crippen molar-refractivity contribution in [3.05, 3.63) is 59.7 Å². The van der Waals surface area contributed by atoms with Crippen molar-refractivity contribution in [2.75, 3.05) is 6.61 Å². The molecule has 0 saturated heterocycles. The highest BCUT2D eigenvalue weighted by Crippen LogP contribution is 2.16. The predicted octanol–water partition coefficient (Wildman–Crippen LogP) is 3.65. The van der Waals surface area contributed by atoms with Crippen LogP contribution < -0.4 is 14.8 Å². The minimum absolute atomic E-state index is 0.110. The van der Waals surface area contributed by atoms with Crippen molar-refractivity contribution in [1.29, 1.82) is 0 Å². The molecule has 0 heterocycles. The molecule has 2 aromatic carbocycles. The molecule has 0 aliphatic rings. The summed E-state index contributed by atoms with van der Waals surface area (Å²) in [7, 11) is 0. The van der Waals surface area contributed by atoms with Crippen molar-refractivity contribution in [2.24, 2.45) is 0 Å². The lowest BCUT2D eigenvalue weighted by molar-refractivity contribution is -0.128. The SMILES string of the molecule is Cc1cccc(O[C@H](C)C(=O)N[C@H](C)COc2ccccc2C)c1. The van der Waals surface area contributed by atoms with E-state index in [1.807, 2.05) is 69.3 Å². The summed E-state index contributed by atoms with van der Waals surface area (Å²) in [6.45, 7) is 8.05. The van der Waals surface area contributed by atoms with E-state index in [1.54, 1.807) is 6.92 Å². The number of benzene rings is 2. The molecule has 24 heavy (non-hydrogen) atoms. The van der Waals surface area contributed by atoms with Crippen LogP contribution in [0.25, 0.3) is 0 Å². The van der Waals surface area contributed by atoms with E-state index in [0.717, 1.165) is 16.9 Å². The molecule has 1 N–H and O–H groups in total. The van der Waals surface area contributed by atoms with Gasteiger partial charge in [-0.25, -0.2) is 0 Å². The van der Waals surface area contributed by atoms with E-state index in [0.29, 0.717) is 12.4 Å². The molecule has 0 radical (unpaired) electrons. The van der Waals surface area contributed by atoms with Crippen molar-refractivity contribution in [3.63, 3.8) is 0 Å². The summed E-state index contributed by atoms with van der Waals surface area (Å²) in [4.78, 5) is 12.2. The molecule has 4 nitrogen and oxygen atoms in total. The van der Waals surface area contributed by atoms with E-state index in [9.17, 15) is 4.79 Å². The topological polar surface area (TPSA) is 47.6 Å². The molecule has 0 spiro atoms. The number of aryl methyl sites for hydroxylation is 2. The maximum atomic E-state index is 12.2. The van der Waals surface area contributed by atoms with Crippen LogP contribution >= 0.6 is 0 Å². The number of rotatable bonds is 7. The van der Waals surface area contributed by atoms with E-state index in [2.05, 4.69) is 5.32 Å². The normalized spacial score (nSPS) is 13.0. The van der Waals surface area contributed by atoms with E-state index in [1.165, 1.54) is 0 Å². The van der Waals surface area contributed by atoms with Gasteiger partial charge in [-0.2, -0.15) is 0 Å². The summed E-state index contributed by atoms with van der Waals surface area (Å²) in [5.74, 6) is 1.38. The summed E-state index contributed by atoms with van der Waals surface area (Å²) in [5.41, 5.74) is 2.17. The van der Waals surface area contributed by atoms with Crippen LogP contribution in [0.2, 0.25) is 0 Å². The number of carbonyl (C=O) groups excluding carboxylic acids is 1. The number of ether oxygens (including phenoxy) is 2. The Kier molecular flexibility index (Phi) is 6.24. The van der Waals surface area contributed by atoms with Crippen molar-refractivity contribution in [3.8, 4) is 11.5 Å². The summed E-state index contributed by atoms with van der Waals surface area (Å²) < 4.78 is 11.4. The summed E-state index contributed by atoms with van der Waals surface area (Å²) in [6, 6.07) is 15.4. The van der Waals surface area contributed by atoms with Gasteiger partial charge in [0.1, 0.15) is 18.1 Å². The molecule has 4 heteroatoms. The minimum atomic E-state index is -0.562. The number of hydrogen-bond acceptors (Lipinski definition) is 3. The van der Waals surface area contributed by atoms with Crippen LogP contribution in [-0.2, 0) is 4.79 Å². The van der Waals surface area contributed by atoms with E-state index in [-0.39, 0.29) is 11.9 Å². The number of nitrogens with one attached hydrogen (secondary N) is 1. The van der Waals surface area contributed by atoms with Crippen LogP contribution in [0.15, 0.2) is 48.5 Å². The lowest BCUT2D eigenvalue weighted by Crippen LogP contribution is -2.43. The van der Waals surface area contributed by atoms with Crippen LogP contribution in [-0.4, -0.2) is 24.7 Å². The van der Waals surface area contributed by atoms with Crippen LogP contribution in [0, 0.1) is 13.8 Å². The molecule has 0 aromatic heterocycles. The van der Waals surface area contributed by atoms with Crippen molar-refractivity contribution >= 4 is 5.91 Å². The lowest BCUT2D eigenvalue weighted by atomic mass is 10.2. The molecule has 0 fully saturated rings. The van der Waals surface area contributed by atoms with Crippen LogP contribution in [0.5, 0.6) is 11.5 Å². The second-order valence-corrected chi connectivity index (χ2v) is 6.06. The zero-order chi connectivity index (χ0) is 17.5. The Hall–Kier alpha value is -2.49. The van der Waals surface area contributed by atoms with Crippen molar-refractivity contribution < 1.29 is 14.3 Å². The summed E-state index contributed by atoms with van der Waals surface area (Å²) in [6.07, 6.45) is -0.562. The fourth-order valence-corrected chi connectivity index (χ4v) is 2.28. The number of amides is 1. The Morgan fingerprint density at radius 1 is 1.08 bits per heavy atom. The molecular weight excluding hydrogens is 302 g/mol. The van der Waals surface area contributed by atoms with Gasteiger partial charge in [0.05, 0.1) is 6.04 Å². The number of para-hydroxylation sites is 1. The van der Waals surface area contributed by atoms with E-state index in [4.69, 9.17) is 9.47 Å². The predicted molar refractivity (Wildman–Crippen MR) is 95.5 cm³/mol. The first-order chi connectivity index (χ1) is 11.5. The fourth-order valence-electron chi connectivity index (χ4n) is 2.28.